The fourth-order valence-electron chi connectivity index (χ4n) is 5.87. The van der Waals surface area contributed by atoms with Gasteiger partial charge in [-0.15, -0.1) is 0 Å². The van der Waals surface area contributed by atoms with Crippen molar-refractivity contribution in [2.75, 3.05) is 30.9 Å². The molecule has 0 atom stereocenters. The average molecular weight is 544 g/mol. The lowest BCUT2D eigenvalue weighted by Gasteiger charge is -2.30. The zero-order valence-electron chi connectivity index (χ0n) is 24.8. The second-order valence-corrected chi connectivity index (χ2v) is 12.8. The van der Waals surface area contributed by atoms with Gasteiger partial charge in [0.05, 0.1) is 17.9 Å². The summed E-state index contributed by atoms with van der Waals surface area (Å²) < 4.78 is 1.85. The van der Waals surface area contributed by atoms with Crippen LogP contribution in [0.3, 0.4) is 0 Å². The summed E-state index contributed by atoms with van der Waals surface area (Å²) in [5.74, 6) is 2.25. The van der Waals surface area contributed by atoms with Gasteiger partial charge < -0.3 is 15.5 Å². The van der Waals surface area contributed by atoms with Crippen LogP contribution >= 0.6 is 0 Å². The van der Waals surface area contributed by atoms with E-state index in [1.807, 2.05) is 28.9 Å². The third-order valence-corrected chi connectivity index (χ3v) is 8.27. The minimum Gasteiger partial charge on any atom is -0.362 e. The average Bonchev–Trinajstić information content (AvgIpc) is 3.37. The number of carbonyl (C=O) groups is 1. The molecule has 3 aromatic rings. The van der Waals surface area contributed by atoms with Gasteiger partial charge in [0, 0.05) is 37.7 Å². The summed E-state index contributed by atoms with van der Waals surface area (Å²) in [6.45, 7) is 7.66. The fraction of sp³-hybridized carbons (Fsp3) is 0.562. The molecule has 2 aliphatic carbocycles. The molecule has 0 saturated heterocycles. The summed E-state index contributed by atoms with van der Waals surface area (Å²) in [6, 6.07) is 12.5. The highest BCUT2D eigenvalue weighted by Gasteiger charge is 2.26. The molecule has 0 bridgehead atoms. The molecule has 40 heavy (non-hydrogen) atoms. The zero-order chi connectivity index (χ0) is 28.3. The van der Waals surface area contributed by atoms with Crippen molar-refractivity contribution in [3.05, 3.63) is 64.6 Å². The number of rotatable bonds is 8. The number of carbonyl (C=O) groups excluding carboxylic acids is 1. The second kappa shape index (κ2) is 12.0. The highest BCUT2D eigenvalue weighted by atomic mass is 16.2. The largest absolute Gasteiger partial charge is 0.362 e. The Bertz CT molecular complexity index is 1300. The van der Waals surface area contributed by atoms with Gasteiger partial charge in [0.1, 0.15) is 11.5 Å². The number of fused-ring (bicyclic) bond motifs is 1. The summed E-state index contributed by atoms with van der Waals surface area (Å²) in [5.41, 5.74) is 5.10. The molecule has 2 heterocycles. The number of nitrogens with zero attached hydrogens (tertiary/aromatic N) is 5. The predicted molar refractivity (Wildman–Crippen MR) is 161 cm³/mol. The van der Waals surface area contributed by atoms with Gasteiger partial charge in [-0.3, -0.25) is 9.48 Å². The normalized spacial score (nSPS) is 19.1. The lowest BCUT2D eigenvalue weighted by Crippen LogP contribution is -2.35. The molecule has 1 aromatic carbocycles. The van der Waals surface area contributed by atoms with Crippen LogP contribution in [0, 0.1) is 5.92 Å². The van der Waals surface area contributed by atoms with Gasteiger partial charge in [-0.1, -0.05) is 51.1 Å². The molecule has 0 aliphatic heterocycles. The standard InChI is InChI=1S/C32H45N7O/c1-32(2,3)28-19-27(39(37-28)21-23-11-7-6-8-12-23)30(40)33-20-22-15-17-24(18-16-22)34-31-35-26-14-10-9-13-25(26)29(36-31)38(4)5/h6-8,11-12,19,22,24H,9-10,13-18,20-21H2,1-5H3,(H,33,40)(H,34,35,36). The Morgan fingerprint density at radius 3 is 2.45 bits per heavy atom. The van der Waals surface area contributed by atoms with E-state index in [0.717, 1.165) is 61.5 Å². The Morgan fingerprint density at radius 2 is 1.75 bits per heavy atom. The van der Waals surface area contributed by atoms with E-state index < -0.39 is 0 Å². The molecule has 8 heteroatoms. The van der Waals surface area contributed by atoms with Gasteiger partial charge in [0.15, 0.2) is 0 Å². The Kier molecular flexibility index (Phi) is 8.43. The monoisotopic (exact) mass is 543 g/mol. The Morgan fingerprint density at radius 1 is 1.02 bits per heavy atom. The summed E-state index contributed by atoms with van der Waals surface area (Å²) in [5, 5.41) is 11.7. The van der Waals surface area contributed by atoms with Gasteiger partial charge in [0.25, 0.3) is 5.91 Å². The highest BCUT2D eigenvalue weighted by molar-refractivity contribution is 5.92. The molecule has 1 saturated carbocycles. The molecule has 214 valence electrons. The molecule has 8 nitrogen and oxygen atoms in total. The third kappa shape index (κ3) is 6.65. The van der Waals surface area contributed by atoms with Crippen molar-refractivity contribution in [2.45, 2.75) is 90.1 Å². The van der Waals surface area contributed by atoms with E-state index in [0.29, 0.717) is 30.7 Å². The summed E-state index contributed by atoms with van der Waals surface area (Å²) >= 11 is 0. The van der Waals surface area contributed by atoms with E-state index in [1.165, 1.54) is 24.1 Å². The van der Waals surface area contributed by atoms with Crippen molar-refractivity contribution in [1.29, 1.82) is 0 Å². The molecule has 2 N–H and O–H groups in total. The number of nitrogens with one attached hydrogen (secondary N) is 2. The van der Waals surface area contributed by atoms with E-state index in [1.54, 1.807) is 0 Å². The maximum atomic E-state index is 13.3. The zero-order valence-corrected chi connectivity index (χ0v) is 24.8. The van der Waals surface area contributed by atoms with Crippen molar-refractivity contribution in [1.82, 2.24) is 25.1 Å². The van der Waals surface area contributed by atoms with Crippen molar-refractivity contribution in [3.63, 3.8) is 0 Å². The lowest BCUT2D eigenvalue weighted by molar-refractivity contribution is 0.0933. The lowest BCUT2D eigenvalue weighted by atomic mass is 9.86. The Labute approximate surface area is 239 Å². The molecule has 2 aromatic heterocycles. The second-order valence-electron chi connectivity index (χ2n) is 12.8. The fourth-order valence-corrected chi connectivity index (χ4v) is 5.87. The number of hydrogen-bond acceptors (Lipinski definition) is 6. The Balaban J connectivity index is 1.17. The topological polar surface area (TPSA) is 88.0 Å². The van der Waals surface area contributed by atoms with E-state index in [4.69, 9.17) is 15.1 Å². The molecule has 2 aliphatic rings. The van der Waals surface area contributed by atoms with E-state index in [-0.39, 0.29) is 11.3 Å². The van der Waals surface area contributed by atoms with E-state index in [2.05, 4.69) is 62.5 Å². The van der Waals surface area contributed by atoms with Crippen LogP contribution in [-0.4, -0.2) is 52.3 Å². The van der Waals surface area contributed by atoms with Gasteiger partial charge in [-0.05, 0) is 68.9 Å². The minimum atomic E-state index is -0.128. The maximum absolute atomic E-state index is 13.3. The van der Waals surface area contributed by atoms with Crippen molar-refractivity contribution >= 4 is 17.7 Å². The molecule has 1 amide bonds. The van der Waals surface area contributed by atoms with Crippen molar-refractivity contribution in [3.8, 4) is 0 Å². The van der Waals surface area contributed by atoms with Gasteiger partial charge in [-0.25, -0.2) is 4.98 Å². The van der Waals surface area contributed by atoms with Crippen LogP contribution in [0.2, 0.25) is 0 Å². The predicted octanol–water partition coefficient (Wildman–Crippen LogP) is 5.36. The maximum Gasteiger partial charge on any atom is 0.269 e. The van der Waals surface area contributed by atoms with Crippen LogP contribution in [0.25, 0.3) is 0 Å². The van der Waals surface area contributed by atoms with E-state index >= 15 is 0 Å². The SMILES string of the molecule is CN(C)c1nc(NC2CCC(CNC(=O)c3cc(C(C)(C)C)nn3Cc3ccccc3)CC2)nc2c1CCCC2. The number of amides is 1. The molecule has 0 unspecified atom stereocenters. The van der Waals surface area contributed by atoms with Crippen molar-refractivity contribution in [2.24, 2.45) is 5.92 Å². The molecule has 5 rings (SSSR count). The number of benzene rings is 1. The van der Waals surface area contributed by atoms with Gasteiger partial charge in [-0.2, -0.15) is 10.1 Å². The molecular weight excluding hydrogens is 498 g/mol. The first-order valence-corrected chi connectivity index (χ1v) is 14.9. The van der Waals surface area contributed by atoms with Crippen LogP contribution in [0.15, 0.2) is 36.4 Å². The van der Waals surface area contributed by atoms with Crippen LogP contribution in [0.4, 0.5) is 11.8 Å². The first kappa shape index (κ1) is 28.1. The quantitative estimate of drug-likeness (QED) is 0.398. The summed E-state index contributed by atoms with van der Waals surface area (Å²) in [6.07, 6.45) is 8.79. The number of hydrogen-bond donors (Lipinski definition) is 2. The highest BCUT2D eigenvalue weighted by Crippen LogP contribution is 2.30. The number of anilines is 2. The first-order valence-electron chi connectivity index (χ1n) is 14.9. The smallest absolute Gasteiger partial charge is 0.269 e. The summed E-state index contributed by atoms with van der Waals surface area (Å²) in [4.78, 5) is 25.3. The van der Waals surface area contributed by atoms with Crippen molar-refractivity contribution < 1.29 is 4.79 Å². The van der Waals surface area contributed by atoms with Crippen LogP contribution in [0.1, 0.15) is 92.3 Å². The Hall–Kier alpha value is -3.42. The molecule has 1 fully saturated rings. The molecular formula is C32H45N7O. The number of aryl methyl sites for hydroxylation is 1. The van der Waals surface area contributed by atoms with Crippen LogP contribution < -0.4 is 15.5 Å². The minimum absolute atomic E-state index is 0.0437. The van der Waals surface area contributed by atoms with Crippen LogP contribution in [-0.2, 0) is 24.8 Å². The number of aromatic nitrogens is 4. The van der Waals surface area contributed by atoms with Gasteiger partial charge >= 0.3 is 0 Å². The van der Waals surface area contributed by atoms with Crippen LogP contribution in [0.5, 0.6) is 0 Å². The molecule has 0 spiro atoms. The third-order valence-electron chi connectivity index (χ3n) is 8.27. The van der Waals surface area contributed by atoms with E-state index in [9.17, 15) is 4.79 Å². The van der Waals surface area contributed by atoms with Gasteiger partial charge in [0.2, 0.25) is 5.95 Å². The first-order chi connectivity index (χ1) is 19.2. The summed E-state index contributed by atoms with van der Waals surface area (Å²) in [7, 11) is 4.14. The molecule has 0 radical (unpaired) electrons.